The largest absolute Gasteiger partial charge is 0.326 e. The van der Waals surface area contributed by atoms with E-state index >= 15 is 0 Å². The van der Waals surface area contributed by atoms with Crippen molar-refractivity contribution in [3.63, 3.8) is 0 Å². The number of hydrazone groups is 1. The first-order valence-corrected chi connectivity index (χ1v) is 8.14. The number of carbonyl (C=O) groups is 2. The van der Waals surface area contributed by atoms with Gasteiger partial charge in [-0.05, 0) is 36.8 Å². The number of benzene rings is 2. The van der Waals surface area contributed by atoms with Crippen molar-refractivity contribution in [1.29, 1.82) is 0 Å². The van der Waals surface area contributed by atoms with E-state index in [-0.39, 0.29) is 18.4 Å². The summed E-state index contributed by atoms with van der Waals surface area (Å²) in [7, 11) is 0. The van der Waals surface area contributed by atoms with E-state index in [1.54, 1.807) is 30.5 Å². The SMILES string of the molecule is CC(=O)Nc1ccc(/C=N\NC(=O)Cn2c(C)nc3ccccc32)cc1. The summed E-state index contributed by atoms with van der Waals surface area (Å²) in [6.07, 6.45) is 1.55. The molecule has 0 saturated heterocycles. The first-order chi connectivity index (χ1) is 12.5. The molecule has 3 rings (SSSR count). The maximum Gasteiger partial charge on any atom is 0.260 e. The van der Waals surface area contributed by atoms with Crippen LogP contribution in [-0.2, 0) is 16.1 Å². The van der Waals surface area contributed by atoms with E-state index in [0.29, 0.717) is 5.69 Å². The number of carbonyl (C=O) groups excluding carboxylic acids is 2. The van der Waals surface area contributed by atoms with Gasteiger partial charge in [0.2, 0.25) is 5.91 Å². The number of para-hydroxylation sites is 2. The van der Waals surface area contributed by atoms with E-state index in [4.69, 9.17) is 0 Å². The van der Waals surface area contributed by atoms with E-state index in [0.717, 1.165) is 22.4 Å². The van der Waals surface area contributed by atoms with Gasteiger partial charge in [0.05, 0.1) is 17.2 Å². The standard InChI is InChI=1S/C19H19N5O2/c1-13-21-17-5-3-4-6-18(17)24(13)12-19(26)23-20-11-15-7-9-16(10-8-15)22-14(2)25/h3-11H,12H2,1-2H3,(H,22,25)(H,23,26)/b20-11-. The van der Waals surface area contributed by atoms with Gasteiger partial charge in [-0.3, -0.25) is 9.59 Å². The normalized spacial score (nSPS) is 11.0. The molecule has 7 heteroatoms. The Morgan fingerprint density at radius 3 is 2.62 bits per heavy atom. The Balaban J connectivity index is 1.60. The number of hydrogen-bond donors (Lipinski definition) is 2. The number of imidazole rings is 1. The van der Waals surface area contributed by atoms with Crippen molar-refractivity contribution in [3.8, 4) is 0 Å². The van der Waals surface area contributed by atoms with Crippen LogP contribution in [0.5, 0.6) is 0 Å². The molecule has 2 amide bonds. The maximum absolute atomic E-state index is 12.2. The molecule has 0 spiro atoms. The predicted octanol–water partition coefficient (Wildman–Crippen LogP) is 2.45. The summed E-state index contributed by atoms with van der Waals surface area (Å²) in [5.41, 5.74) is 5.81. The molecule has 0 fully saturated rings. The molecule has 7 nitrogen and oxygen atoms in total. The molecular formula is C19H19N5O2. The third-order valence-corrected chi connectivity index (χ3v) is 3.78. The molecule has 26 heavy (non-hydrogen) atoms. The zero-order chi connectivity index (χ0) is 18.5. The van der Waals surface area contributed by atoms with E-state index in [9.17, 15) is 9.59 Å². The van der Waals surface area contributed by atoms with Crippen LogP contribution in [0, 0.1) is 6.92 Å². The Morgan fingerprint density at radius 1 is 1.15 bits per heavy atom. The third-order valence-electron chi connectivity index (χ3n) is 3.78. The summed E-state index contributed by atoms with van der Waals surface area (Å²) < 4.78 is 1.85. The first-order valence-electron chi connectivity index (χ1n) is 8.14. The molecule has 0 aliphatic rings. The minimum absolute atomic E-state index is 0.124. The summed E-state index contributed by atoms with van der Waals surface area (Å²) in [6, 6.07) is 14.8. The monoisotopic (exact) mass is 349 g/mol. The van der Waals surface area contributed by atoms with Gasteiger partial charge in [-0.25, -0.2) is 10.4 Å². The fourth-order valence-corrected chi connectivity index (χ4v) is 2.61. The molecule has 2 N–H and O–H groups in total. The van der Waals surface area contributed by atoms with Crippen molar-refractivity contribution >= 4 is 34.7 Å². The molecule has 0 aliphatic heterocycles. The van der Waals surface area contributed by atoms with E-state index in [1.807, 2.05) is 35.8 Å². The summed E-state index contributed by atoms with van der Waals surface area (Å²) in [4.78, 5) is 27.6. The number of amides is 2. The minimum atomic E-state index is -0.234. The van der Waals surface area contributed by atoms with Gasteiger partial charge in [-0.2, -0.15) is 5.10 Å². The van der Waals surface area contributed by atoms with Crippen LogP contribution in [0.25, 0.3) is 11.0 Å². The smallest absolute Gasteiger partial charge is 0.260 e. The second kappa shape index (κ2) is 7.60. The Bertz CT molecular complexity index is 973. The average Bonchev–Trinajstić information content (AvgIpc) is 2.92. The zero-order valence-electron chi connectivity index (χ0n) is 14.6. The number of aromatic nitrogens is 2. The topological polar surface area (TPSA) is 88.4 Å². The number of aryl methyl sites for hydroxylation is 1. The molecule has 1 aromatic heterocycles. The molecule has 0 saturated carbocycles. The minimum Gasteiger partial charge on any atom is -0.326 e. The van der Waals surface area contributed by atoms with Crippen LogP contribution in [0.1, 0.15) is 18.3 Å². The molecule has 2 aromatic carbocycles. The summed E-state index contributed by atoms with van der Waals surface area (Å²) >= 11 is 0. The van der Waals surface area contributed by atoms with Gasteiger partial charge in [0, 0.05) is 12.6 Å². The Labute approximate surface area is 150 Å². The van der Waals surface area contributed by atoms with Crippen molar-refractivity contribution < 1.29 is 9.59 Å². The molecule has 1 heterocycles. The highest BCUT2D eigenvalue weighted by molar-refractivity contribution is 5.89. The van der Waals surface area contributed by atoms with Crippen LogP contribution >= 0.6 is 0 Å². The van der Waals surface area contributed by atoms with Crippen LogP contribution in [0.3, 0.4) is 0 Å². The van der Waals surface area contributed by atoms with E-state index < -0.39 is 0 Å². The fraction of sp³-hybridized carbons (Fsp3) is 0.158. The van der Waals surface area contributed by atoms with Gasteiger partial charge in [0.1, 0.15) is 12.4 Å². The van der Waals surface area contributed by atoms with Crippen LogP contribution in [0.2, 0.25) is 0 Å². The lowest BCUT2D eigenvalue weighted by Gasteiger charge is -2.05. The lowest BCUT2D eigenvalue weighted by atomic mass is 10.2. The lowest BCUT2D eigenvalue weighted by Crippen LogP contribution is -2.23. The molecule has 0 radical (unpaired) electrons. The van der Waals surface area contributed by atoms with Gasteiger partial charge in [-0.1, -0.05) is 24.3 Å². The molecule has 132 valence electrons. The molecule has 0 atom stereocenters. The van der Waals surface area contributed by atoms with Gasteiger partial charge in [-0.15, -0.1) is 0 Å². The number of nitrogens with zero attached hydrogens (tertiary/aromatic N) is 3. The zero-order valence-corrected chi connectivity index (χ0v) is 14.6. The molecular weight excluding hydrogens is 330 g/mol. The Hall–Kier alpha value is -3.48. The van der Waals surface area contributed by atoms with Crippen LogP contribution in [-0.4, -0.2) is 27.6 Å². The van der Waals surface area contributed by atoms with Crippen molar-refractivity contribution in [1.82, 2.24) is 15.0 Å². The van der Waals surface area contributed by atoms with Gasteiger partial charge in [0.15, 0.2) is 0 Å². The van der Waals surface area contributed by atoms with Gasteiger partial charge < -0.3 is 9.88 Å². The number of anilines is 1. The summed E-state index contributed by atoms with van der Waals surface area (Å²) in [5.74, 6) is 0.419. The lowest BCUT2D eigenvalue weighted by molar-refractivity contribution is -0.121. The summed E-state index contributed by atoms with van der Waals surface area (Å²) in [5, 5.41) is 6.67. The highest BCUT2D eigenvalue weighted by atomic mass is 16.2. The van der Waals surface area contributed by atoms with Crippen molar-refractivity contribution in [2.24, 2.45) is 5.10 Å². The second-order valence-electron chi connectivity index (χ2n) is 5.83. The van der Waals surface area contributed by atoms with Crippen molar-refractivity contribution in [3.05, 3.63) is 59.9 Å². The van der Waals surface area contributed by atoms with E-state index in [2.05, 4.69) is 20.8 Å². The molecule has 3 aromatic rings. The highest BCUT2D eigenvalue weighted by Gasteiger charge is 2.09. The number of nitrogens with one attached hydrogen (secondary N) is 2. The summed E-state index contributed by atoms with van der Waals surface area (Å²) in [6.45, 7) is 3.47. The van der Waals surface area contributed by atoms with Crippen molar-refractivity contribution in [2.75, 3.05) is 5.32 Å². The average molecular weight is 349 g/mol. The van der Waals surface area contributed by atoms with Crippen LogP contribution in [0.4, 0.5) is 5.69 Å². The van der Waals surface area contributed by atoms with Crippen molar-refractivity contribution in [2.45, 2.75) is 20.4 Å². The predicted molar refractivity (Wildman–Crippen MR) is 101 cm³/mol. The van der Waals surface area contributed by atoms with E-state index in [1.165, 1.54) is 6.92 Å². The number of rotatable bonds is 5. The first kappa shape index (κ1) is 17.3. The number of hydrogen-bond acceptors (Lipinski definition) is 4. The Morgan fingerprint density at radius 2 is 1.88 bits per heavy atom. The molecule has 0 bridgehead atoms. The maximum atomic E-state index is 12.2. The number of fused-ring (bicyclic) bond motifs is 1. The third kappa shape index (κ3) is 4.13. The quantitative estimate of drug-likeness (QED) is 0.548. The van der Waals surface area contributed by atoms with Gasteiger partial charge in [0.25, 0.3) is 5.91 Å². The molecule has 0 unspecified atom stereocenters. The second-order valence-corrected chi connectivity index (χ2v) is 5.83. The molecule has 0 aliphatic carbocycles. The Kier molecular flexibility index (Phi) is 5.07. The fourth-order valence-electron chi connectivity index (χ4n) is 2.61. The van der Waals surface area contributed by atoms with Gasteiger partial charge >= 0.3 is 0 Å². The highest BCUT2D eigenvalue weighted by Crippen LogP contribution is 2.15. The van der Waals surface area contributed by atoms with Crippen LogP contribution < -0.4 is 10.7 Å². The van der Waals surface area contributed by atoms with Crippen LogP contribution in [0.15, 0.2) is 53.6 Å².